The van der Waals surface area contributed by atoms with Gasteiger partial charge in [-0.2, -0.15) is 4.98 Å². The summed E-state index contributed by atoms with van der Waals surface area (Å²) in [4.78, 5) is 4.39. The van der Waals surface area contributed by atoms with Gasteiger partial charge in [-0.05, 0) is 13.0 Å². The Bertz CT molecular complexity index is 537. The molecule has 0 aliphatic heterocycles. The molecular weight excluding hydrogens is 242 g/mol. The van der Waals surface area contributed by atoms with E-state index in [1.807, 2.05) is 38.1 Å². The SMILES string of the molecule is COc1ccccc1Cc1noc(C(C)C(C)N)n1. The van der Waals surface area contributed by atoms with Crippen molar-refractivity contribution in [3.63, 3.8) is 0 Å². The molecule has 2 atom stereocenters. The van der Waals surface area contributed by atoms with Gasteiger partial charge in [0.25, 0.3) is 0 Å². The maximum Gasteiger partial charge on any atom is 0.231 e. The van der Waals surface area contributed by atoms with Crippen LogP contribution in [0.15, 0.2) is 28.8 Å². The summed E-state index contributed by atoms with van der Waals surface area (Å²) >= 11 is 0. The van der Waals surface area contributed by atoms with Crippen LogP contribution in [0.4, 0.5) is 0 Å². The Balaban J connectivity index is 2.16. The summed E-state index contributed by atoms with van der Waals surface area (Å²) in [5, 5.41) is 3.99. The predicted molar refractivity (Wildman–Crippen MR) is 72.2 cm³/mol. The third-order valence-electron chi connectivity index (χ3n) is 3.20. The molecule has 2 N–H and O–H groups in total. The highest BCUT2D eigenvalue weighted by Gasteiger charge is 2.18. The fourth-order valence-electron chi connectivity index (χ4n) is 1.77. The molecule has 0 bridgehead atoms. The van der Waals surface area contributed by atoms with Crippen LogP contribution in [-0.2, 0) is 6.42 Å². The zero-order valence-corrected chi connectivity index (χ0v) is 11.5. The molecule has 0 radical (unpaired) electrons. The Morgan fingerprint density at radius 2 is 2.05 bits per heavy atom. The molecule has 0 amide bonds. The number of methoxy groups -OCH3 is 1. The van der Waals surface area contributed by atoms with Gasteiger partial charge in [0.05, 0.1) is 13.0 Å². The van der Waals surface area contributed by atoms with E-state index in [1.165, 1.54) is 0 Å². The molecule has 0 spiro atoms. The average Bonchev–Trinajstić information content (AvgIpc) is 2.87. The number of nitrogens with two attached hydrogens (primary N) is 1. The maximum atomic E-state index is 5.83. The van der Waals surface area contributed by atoms with E-state index in [1.54, 1.807) is 7.11 Å². The third kappa shape index (κ3) is 3.12. The number of ether oxygens (including phenoxy) is 1. The monoisotopic (exact) mass is 261 g/mol. The molecule has 1 aromatic carbocycles. The van der Waals surface area contributed by atoms with Crippen LogP contribution >= 0.6 is 0 Å². The molecular formula is C14H19N3O2. The van der Waals surface area contributed by atoms with Crippen molar-refractivity contribution in [3.8, 4) is 5.75 Å². The smallest absolute Gasteiger partial charge is 0.231 e. The zero-order chi connectivity index (χ0) is 13.8. The van der Waals surface area contributed by atoms with Crippen LogP contribution in [-0.4, -0.2) is 23.3 Å². The molecule has 1 heterocycles. The third-order valence-corrected chi connectivity index (χ3v) is 3.20. The molecule has 0 fully saturated rings. The van der Waals surface area contributed by atoms with E-state index in [0.29, 0.717) is 18.1 Å². The quantitative estimate of drug-likeness (QED) is 0.892. The molecule has 2 aromatic rings. The van der Waals surface area contributed by atoms with Crippen molar-refractivity contribution in [1.82, 2.24) is 10.1 Å². The standard InChI is InChI=1S/C14H19N3O2/c1-9(10(2)15)14-16-13(17-19-14)8-11-6-4-5-7-12(11)18-3/h4-7,9-10H,8,15H2,1-3H3. The summed E-state index contributed by atoms with van der Waals surface area (Å²) in [5.41, 5.74) is 6.86. The summed E-state index contributed by atoms with van der Waals surface area (Å²) in [6.45, 7) is 3.90. The van der Waals surface area contributed by atoms with Gasteiger partial charge < -0.3 is 15.0 Å². The Kier molecular flexibility index (Phi) is 4.16. The summed E-state index contributed by atoms with van der Waals surface area (Å²) in [5.74, 6) is 2.11. The van der Waals surface area contributed by atoms with Gasteiger partial charge in [-0.3, -0.25) is 0 Å². The first-order chi connectivity index (χ1) is 9.11. The molecule has 102 valence electrons. The minimum absolute atomic E-state index is 0.0143. The molecule has 2 unspecified atom stereocenters. The van der Waals surface area contributed by atoms with Crippen LogP contribution < -0.4 is 10.5 Å². The number of rotatable bonds is 5. The van der Waals surface area contributed by atoms with E-state index in [-0.39, 0.29) is 12.0 Å². The van der Waals surface area contributed by atoms with Gasteiger partial charge in [0.15, 0.2) is 5.82 Å². The van der Waals surface area contributed by atoms with Crippen LogP contribution in [0.3, 0.4) is 0 Å². The number of benzene rings is 1. The van der Waals surface area contributed by atoms with Crippen molar-refractivity contribution in [3.05, 3.63) is 41.5 Å². The Hall–Kier alpha value is -1.88. The number of aromatic nitrogens is 2. The lowest BCUT2D eigenvalue weighted by Crippen LogP contribution is -2.22. The summed E-state index contributed by atoms with van der Waals surface area (Å²) in [6, 6.07) is 7.79. The average molecular weight is 261 g/mol. The molecule has 0 aliphatic carbocycles. The largest absolute Gasteiger partial charge is 0.496 e. The first kappa shape index (κ1) is 13.5. The number of hydrogen-bond acceptors (Lipinski definition) is 5. The topological polar surface area (TPSA) is 74.2 Å². The minimum Gasteiger partial charge on any atom is -0.496 e. The fourth-order valence-corrected chi connectivity index (χ4v) is 1.77. The van der Waals surface area contributed by atoms with Gasteiger partial charge in [-0.15, -0.1) is 0 Å². The van der Waals surface area contributed by atoms with Gasteiger partial charge in [0.2, 0.25) is 5.89 Å². The highest BCUT2D eigenvalue weighted by Crippen LogP contribution is 2.21. The molecule has 2 rings (SSSR count). The van der Waals surface area contributed by atoms with E-state index in [4.69, 9.17) is 15.0 Å². The summed E-state index contributed by atoms with van der Waals surface area (Å²) in [7, 11) is 1.65. The van der Waals surface area contributed by atoms with Crippen molar-refractivity contribution in [2.24, 2.45) is 5.73 Å². The molecule has 5 heteroatoms. The summed E-state index contributed by atoms with van der Waals surface area (Å²) in [6.07, 6.45) is 0.583. The van der Waals surface area contributed by atoms with E-state index in [2.05, 4.69) is 10.1 Å². The Labute approximate surface area is 112 Å². The van der Waals surface area contributed by atoms with Gasteiger partial charge in [-0.25, -0.2) is 0 Å². The fraction of sp³-hybridized carbons (Fsp3) is 0.429. The molecule has 0 saturated carbocycles. The Morgan fingerprint density at radius 3 is 2.74 bits per heavy atom. The van der Waals surface area contributed by atoms with Gasteiger partial charge in [-0.1, -0.05) is 30.3 Å². The number of hydrogen-bond donors (Lipinski definition) is 1. The van der Waals surface area contributed by atoms with Crippen molar-refractivity contribution < 1.29 is 9.26 Å². The lowest BCUT2D eigenvalue weighted by molar-refractivity contribution is 0.343. The lowest BCUT2D eigenvalue weighted by Gasteiger charge is -2.09. The van der Waals surface area contributed by atoms with E-state index in [0.717, 1.165) is 11.3 Å². The second-order valence-electron chi connectivity index (χ2n) is 4.69. The predicted octanol–water partition coefficient (Wildman–Crippen LogP) is 2.12. The molecule has 1 aromatic heterocycles. The second kappa shape index (κ2) is 5.84. The number of para-hydroxylation sites is 1. The van der Waals surface area contributed by atoms with Crippen molar-refractivity contribution in [2.45, 2.75) is 32.2 Å². The minimum atomic E-state index is -0.0143. The molecule has 0 aliphatic rings. The zero-order valence-electron chi connectivity index (χ0n) is 11.5. The van der Waals surface area contributed by atoms with Crippen molar-refractivity contribution in [1.29, 1.82) is 0 Å². The van der Waals surface area contributed by atoms with Crippen LogP contribution in [0.2, 0.25) is 0 Å². The van der Waals surface area contributed by atoms with Crippen molar-refractivity contribution in [2.75, 3.05) is 7.11 Å². The van der Waals surface area contributed by atoms with Gasteiger partial charge >= 0.3 is 0 Å². The first-order valence-corrected chi connectivity index (χ1v) is 6.31. The first-order valence-electron chi connectivity index (χ1n) is 6.31. The molecule has 0 saturated heterocycles. The highest BCUT2D eigenvalue weighted by atomic mass is 16.5. The van der Waals surface area contributed by atoms with Gasteiger partial charge in [0, 0.05) is 18.0 Å². The van der Waals surface area contributed by atoms with Crippen LogP contribution in [0.1, 0.15) is 37.0 Å². The van der Waals surface area contributed by atoms with Crippen molar-refractivity contribution >= 4 is 0 Å². The molecule has 5 nitrogen and oxygen atoms in total. The molecule has 19 heavy (non-hydrogen) atoms. The summed E-state index contributed by atoms with van der Waals surface area (Å²) < 4.78 is 10.6. The second-order valence-corrected chi connectivity index (χ2v) is 4.69. The maximum absolute atomic E-state index is 5.83. The van der Waals surface area contributed by atoms with Crippen LogP contribution in [0.25, 0.3) is 0 Å². The normalized spacial score (nSPS) is 14.1. The van der Waals surface area contributed by atoms with E-state index >= 15 is 0 Å². The van der Waals surface area contributed by atoms with Crippen LogP contribution in [0.5, 0.6) is 5.75 Å². The highest BCUT2D eigenvalue weighted by molar-refractivity contribution is 5.35. The number of nitrogens with zero attached hydrogens (tertiary/aromatic N) is 2. The van der Waals surface area contributed by atoms with E-state index < -0.39 is 0 Å². The van der Waals surface area contributed by atoms with Gasteiger partial charge in [0.1, 0.15) is 5.75 Å². The Morgan fingerprint density at radius 1 is 1.32 bits per heavy atom. The van der Waals surface area contributed by atoms with Crippen LogP contribution in [0, 0.1) is 0 Å². The van der Waals surface area contributed by atoms with E-state index in [9.17, 15) is 0 Å². The lowest BCUT2D eigenvalue weighted by atomic mass is 10.1.